The summed E-state index contributed by atoms with van der Waals surface area (Å²) in [7, 11) is 1.58. The van der Waals surface area contributed by atoms with E-state index in [2.05, 4.69) is 5.32 Å². The number of ether oxygens (including phenoxy) is 1. The molecule has 0 radical (unpaired) electrons. The van der Waals surface area contributed by atoms with E-state index < -0.39 is 11.7 Å². The summed E-state index contributed by atoms with van der Waals surface area (Å²) in [6, 6.07) is 5.19. The van der Waals surface area contributed by atoms with Crippen LogP contribution in [0.4, 0.5) is 18.9 Å². The molecule has 0 spiro atoms. The van der Waals surface area contributed by atoms with Gasteiger partial charge in [-0.1, -0.05) is 12.8 Å². The maximum Gasteiger partial charge on any atom is 0.418 e. The highest BCUT2D eigenvalue weighted by atomic mass is 19.4. The van der Waals surface area contributed by atoms with Gasteiger partial charge in [0.05, 0.1) is 29.3 Å². The summed E-state index contributed by atoms with van der Waals surface area (Å²) < 4.78 is 44.7. The smallest absolute Gasteiger partial charge is 0.379 e. The fourth-order valence-electron chi connectivity index (χ4n) is 2.72. The zero-order valence-corrected chi connectivity index (χ0v) is 11.7. The monoisotopic (exact) mass is 298 g/mol. The Kier molecular flexibility index (Phi) is 4.73. The first-order chi connectivity index (χ1) is 9.95. The van der Waals surface area contributed by atoms with E-state index in [0.717, 1.165) is 31.7 Å². The zero-order valence-electron chi connectivity index (χ0n) is 11.7. The number of alkyl halides is 3. The maximum absolute atomic E-state index is 13.1. The number of nitrogens with one attached hydrogen (secondary N) is 1. The Hall–Kier alpha value is -1.74. The molecule has 1 aromatic carbocycles. The molecule has 114 valence electrons. The van der Waals surface area contributed by atoms with Crippen LogP contribution in [0, 0.1) is 11.3 Å². The summed E-state index contributed by atoms with van der Waals surface area (Å²) in [4.78, 5) is 0. The van der Waals surface area contributed by atoms with Gasteiger partial charge in [-0.2, -0.15) is 18.4 Å². The molecule has 2 unspecified atom stereocenters. The summed E-state index contributed by atoms with van der Waals surface area (Å²) in [5.41, 5.74) is -0.794. The number of nitriles is 1. The number of benzene rings is 1. The second-order valence-electron chi connectivity index (χ2n) is 5.18. The molecule has 0 saturated heterocycles. The maximum atomic E-state index is 13.1. The van der Waals surface area contributed by atoms with Crippen LogP contribution in [-0.2, 0) is 10.9 Å². The average Bonchev–Trinajstić information content (AvgIpc) is 2.47. The van der Waals surface area contributed by atoms with Gasteiger partial charge in [-0.3, -0.25) is 0 Å². The van der Waals surface area contributed by atoms with Crippen molar-refractivity contribution in [1.29, 1.82) is 5.26 Å². The van der Waals surface area contributed by atoms with Crippen LogP contribution < -0.4 is 5.32 Å². The molecule has 0 bridgehead atoms. The second kappa shape index (κ2) is 6.35. The van der Waals surface area contributed by atoms with E-state index in [-0.39, 0.29) is 23.4 Å². The molecular weight excluding hydrogens is 281 g/mol. The number of rotatable bonds is 3. The number of hydrogen-bond acceptors (Lipinski definition) is 3. The lowest BCUT2D eigenvalue weighted by atomic mass is 9.92. The molecule has 3 nitrogen and oxygen atoms in total. The van der Waals surface area contributed by atoms with E-state index in [4.69, 9.17) is 10.00 Å². The molecule has 1 N–H and O–H groups in total. The van der Waals surface area contributed by atoms with Crippen molar-refractivity contribution in [1.82, 2.24) is 0 Å². The van der Waals surface area contributed by atoms with Crippen molar-refractivity contribution in [3.8, 4) is 6.07 Å². The Morgan fingerprint density at radius 1 is 1.29 bits per heavy atom. The molecular formula is C15H17F3N2O. The summed E-state index contributed by atoms with van der Waals surface area (Å²) >= 11 is 0. The Morgan fingerprint density at radius 2 is 2.00 bits per heavy atom. The lowest BCUT2D eigenvalue weighted by Gasteiger charge is -2.32. The van der Waals surface area contributed by atoms with Crippen LogP contribution in [0.5, 0.6) is 0 Å². The van der Waals surface area contributed by atoms with Crippen LogP contribution in [0.25, 0.3) is 0 Å². The van der Waals surface area contributed by atoms with E-state index in [1.807, 2.05) is 0 Å². The highest BCUT2D eigenvalue weighted by Crippen LogP contribution is 2.36. The van der Waals surface area contributed by atoms with Crippen LogP contribution >= 0.6 is 0 Å². The molecule has 21 heavy (non-hydrogen) atoms. The van der Waals surface area contributed by atoms with Crippen molar-refractivity contribution in [2.24, 2.45) is 0 Å². The van der Waals surface area contributed by atoms with Crippen LogP contribution in [0.15, 0.2) is 18.2 Å². The normalized spacial score (nSPS) is 22.6. The van der Waals surface area contributed by atoms with Gasteiger partial charge in [0.1, 0.15) is 0 Å². The van der Waals surface area contributed by atoms with Crippen LogP contribution in [-0.4, -0.2) is 19.3 Å². The van der Waals surface area contributed by atoms with Crippen molar-refractivity contribution in [2.75, 3.05) is 12.4 Å². The van der Waals surface area contributed by atoms with Crippen molar-refractivity contribution in [3.05, 3.63) is 29.3 Å². The fraction of sp³-hybridized carbons (Fsp3) is 0.533. The van der Waals surface area contributed by atoms with Gasteiger partial charge in [-0.15, -0.1) is 0 Å². The van der Waals surface area contributed by atoms with Crippen molar-refractivity contribution in [3.63, 3.8) is 0 Å². The van der Waals surface area contributed by atoms with E-state index in [0.29, 0.717) is 0 Å². The van der Waals surface area contributed by atoms with E-state index in [1.165, 1.54) is 12.1 Å². The Labute approximate surface area is 121 Å². The molecule has 1 aliphatic rings. The first kappa shape index (κ1) is 15.6. The predicted octanol–water partition coefficient (Wildman–Crippen LogP) is 3.95. The second-order valence-corrected chi connectivity index (χ2v) is 5.18. The Bertz CT molecular complexity index is 537. The van der Waals surface area contributed by atoms with Crippen molar-refractivity contribution < 1.29 is 17.9 Å². The fourth-order valence-corrected chi connectivity index (χ4v) is 2.72. The first-order valence-electron chi connectivity index (χ1n) is 6.86. The number of methoxy groups -OCH3 is 1. The molecule has 1 fully saturated rings. The molecule has 0 heterocycles. The van der Waals surface area contributed by atoms with Gasteiger partial charge in [0.2, 0.25) is 0 Å². The largest absolute Gasteiger partial charge is 0.418 e. The molecule has 2 atom stereocenters. The van der Waals surface area contributed by atoms with Gasteiger partial charge in [-0.05, 0) is 31.0 Å². The van der Waals surface area contributed by atoms with E-state index in [9.17, 15) is 13.2 Å². The Morgan fingerprint density at radius 3 is 2.62 bits per heavy atom. The molecule has 1 saturated carbocycles. The van der Waals surface area contributed by atoms with Gasteiger partial charge in [0, 0.05) is 12.8 Å². The topological polar surface area (TPSA) is 45.0 Å². The summed E-state index contributed by atoms with van der Waals surface area (Å²) in [5.74, 6) is 0. The van der Waals surface area contributed by atoms with Gasteiger partial charge >= 0.3 is 6.18 Å². The van der Waals surface area contributed by atoms with Crippen molar-refractivity contribution >= 4 is 5.69 Å². The number of nitrogens with zero attached hydrogens (tertiary/aromatic N) is 1. The Balaban J connectivity index is 2.29. The first-order valence-corrected chi connectivity index (χ1v) is 6.86. The highest BCUT2D eigenvalue weighted by molar-refractivity contribution is 5.56. The van der Waals surface area contributed by atoms with Crippen molar-refractivity contribution in [2.45, 2.75) is 44.0 Å². The van der Waals surface area contributed by atoms with Crippen LogP contribution in [0.1, 0.15) is 36.8 Å². The summed E-state index contributed by atoms with van der Waals surface area (Å²) in [5, 5.41) is 11.7. The SMILES string of the molecule is COC1CCCCC1Nc1ccc(C#N)cc1C(F)(F)F. The molecule has 2 rings (SSSR count). The molecule has 0 amide bonds. The highest BCUT2D eigenvalue weighted by Gasteiger charge is 2.35. The van der Waals surface area contributed by atoms with Crippen LogP contribution in [0.3, 0.4) is 0 Å². The predicted molar refractivity (Wildman–Crippen MR) is 72.8 cm³/mol. The number of anilines is 1. The lowest BCUT2D eigenvalue weighted by molar-refractivity contribution is -0.137. The summed E-state index contributed by atoms with van der Waals surface area (Å²) in [6.45, 7) is 0. The standard InChI is InChI=1S/C15H17F3N2O/c1-21-14-5-3-2-4-13(14)20-12-7-6-10(9-19)8-11(12)15(16,17)18/h6-8,13-14,20H,2-5H2,1H3. The number of hydrogen-bond donors (Lipinski definition) is 1. The molecule has 0 aromatic heterocycles. The zero-order chi connectivity index (χ0) is 15.5. The minimum atomic E-state index is -4.49. The third kappa shape index (κ3) is 3.67. The summed E-state index contributed by atoms with van der Waals surface area (Å²) in [6.07, 6.45) is -0.977. The van der Waals surface area contributed by atoms with Gasteiger partial charge in [-0.25, -0.2) is 0 Å². The lowest BCUT2D eigenvalue weighted by Crippen LogP contribution is -2.38. The molecule has 0 aliphatic heterocycles. The van der Waals surface area contributed by atoms with Gasteiger partial charge in [0.25, 0.3) is 0 Å². The van der Waals surface area contributed by atoms with Gasteiger partial charge < -0.3 is 10.1 Å². The third-order valence-electron chi connectivity index (χ3n) is 3.80. The molecule has 6 heteroatoms. The van der Waals surface area contributed by atoms with Gasteiger partial charge in [0.15, 0.2) is 0 Å². The minimum absolute atomic E-state index is 0.000175. The molecule has 1 aliphatic carbocycles. The minimum Gasteiger partial charge on any atom is -0.379 e. The number of halogens is 3. The van der Waals surface area contributed by atoms with E-state index >= 15 is 0 Å². The average molecular weight is 298 g/mol. The quantitative estimate of drug-likeness (QED) is 0.919. The van der Waals surface area contributed by atoms with Crippen LogP contribution in [0.2, 0.25) is 0 Å². The molecule has 1 aromatic rings. The third-order valence-corrected chi connectivity index (χ3v) is 3.80. The van der Waals surface area contributed by atoms with E-state index in [1.54, 1.807) is 13.2 Å².